The van der Waals surface area contributed by atoms with Crippen LogP contribution in [0.1, 0.15) is 43.6 Å². The van der Waals surface area contributed by atoms with Crippen LogP contribution in [0.25, 0.3) is 5.69 Å². The molecule has 0 bridgehead atoms. The molecule has 0 fully saturated rings. The zero-order valence-electron chi connectivity index (χ0n) is 14.4. The van der Waals surface area contributed by atoms with Crippen LogP contribution >= 0.6 is 0 Å². The van der Waals surface area contributed by atoms with Crippen LogP contribution in [0.2, 0.25) is 0 Å². The molecule has 124 valence electrons. The van der Waals surface area contributed by atoms with Crippen molar-refractivity contribution in [1.82, 2.24) is 15.1 Å². The Morgan fingerprint density at radius 1 is 1.30 bits per heavy atom. The van der Waals surface area contributed by atoms with Crippen molar-refractivity contribution in [1.29, 1.82) is 0 Å². The minimum Gasteiger partial charge on any atom is -0.350 e. The number of hydrogen-bond donors (Lipinski definition) is 2. The molecule has 1 atom stereocenters. The van der Waals surface area contributed by atoms with Gasteiger partial charge in [-0.3, -0.25) is 4.79 Å². The fourth-order valence-corrected chi connectivity index (χ4v) is 2.75. The van der Waals surface area contributed by atoms with Crippen molar-refractivity contribution in [3.8, 4) is 5.69 Å². The van der Waals surface area contributed by atoms with E-state index in [1.165, 1.54) is 0 Å². The Morgan fingerprint density at radius 2 is 1.96 bits per heavy atom. The summed E-state index contributed by atoms with van der Waals surface area (Å²) in [6.45, 7) is 8.22. The summed E-state index contributed by atoms with van der Waals surface area (Å²) in [5.74, 6) is -0.120. The summed E-state index contributed by atoms with van der Waals surface area (Å²) in [4.78, 5) is 12.3. The average Bonchev–Trinajstić information content (AvgIpc) is 2.80. The molecule has 1 aromatic heterocycles. The standard InChI is InChI=1S/C18H26N4O/c1-5-11-18(4,19)17(23)20-12-16-13(2)21-22(14(16)3)15-9-7-6-8-10-15/h6-10H,5,11-12,19H2,1-4H3,(H,20,23). The number of nitrogens with zero attached hydrogens (tertiary/aromatic N) is 2. The topological polar surface area (TPSA) is 72.9 Å². The highest BCUT2D eigenvalue weighted by molar-refractivity contribution is 5.85. The Bertz CT molecular complexity index is 674. The van der Waals surface area contributed by atoms with Crippen LogP contribution in [0.15, 0.2) is 30.3 Å². The molecule has 2 rings (SSSR count). The van der Waals surface area contributed by atoms with Gasteiger partial charge in [0.1, 0.15) is 0 Å². The number of carbonyl (C=O) groups is 1. The highest BCUT2D eigenvalue weighted by Crippen LogP contribution is 2.18. The molecule has 0 radical (unpaired) electrons. The molecule has 0 spiro atoms. The third-order valence-corrected chi connectivity index (χ3v) is 4.16. The molecule has 1 aromatic carbocycles. The Kier molecular flexibility index (Phi) is 5.21. The minimum atomic E-state index is -0.827. The van der Waals surface area contributed by atoms with Gasteiger partial charge < -0.3 is 11.1 Å². The maximum absolute atomic E-state index is 12.3. The van der Waals surface area contributed by atoms with Crippen LogP contribution in [0, 0.1) is 13.8 Å². The summed E-state index contributed by atoms with van der Waals surface area (Å²) in [5, 5.41) is 7.54. The van der Waals surface area contributed by atoms with Crippen molar-refractivity contribution in [2.24, 2.45) is 5.73 Å². The van der Waals surface area contributed by atoms with Gasteiger partial charge in [-0.25, -0.2) is 4.68 Å². The van der Waals surface area contributed by atoms with Gasteiger partial charge in [-0.1, -0.05) is 31.5 Å². The monoisotopic (exact) mass is 314 g/mol. The second-order valence-corrected chi connectivity index (χ2v) is 6.25. The van der Waals surface area contributed by atoms with Crippen molar-refractivity contribution >= 4 is 5.91 Å². The first-order valence-electron chi connectivity index (χ1n) is 8.04. The lowest BCUT2D eigenvalue weighted by Gasteiger charge is -2.22. The van der Waals surface area contributed by atoms with Gasteiger partial charge in [-0.05, 0) is 39.3 Å². The normalized spacial score (nSPS) is 13.6. The largest absolute Gasteiger partial charge is 0.350 e. The molecule has 5 nitrogen and oxygen atoms in total. The first-order chi connectivity index (χ1) is 10.9. The first kappa shape index (κ1) is 17.2. The van der Waals surface area contributed by atoms with Gasteiger partial charge in [0.2, 0.25) is 5.91 Å². The lowest BCUT2D eigenvalue weighted by atomic mass is 9.96. The van der Waals surface area contributed by atoms with E-state index < -0.39 is 5.54 Å². The van der Waals surface area contributed by atoms with E-state index in [9.17, 15) is 4.79 Å². The summed E-state index contributed by atoms with van der Waals surface area (Å²) < 4.78 is 1.91. The van der Waals surface area contributed by atoms with Gasteiger partial charge in [-0.15, -0.1) is 0 Å². The Labute approximate surface area is 137 Å². The predicted molar refractivity (Wildman–Crippen MR) is 92.4 cm³/mol. The summed E-state index contributed by atoms with van der Waals surface area (Å²) in [7, 11) is 0. The lowest BCUT2D eigenvalue weighted by molar-refractivity contribution is -0.126. The Hall–Kier alpha value is -2.14. The number of nitrogens with two attached hydrogens (primary N) is 1. The number of aryl methyl sites for hydroxylation is 1. The van der Waals surface area contributed by atoms with E-state index in [4.69, 9.17) is 5.73 Å². The van der Waals surface area contributed by atoms with E-state index in [0.29, 0.717) is 13.0 Å². The van der Waals surface area contributed by atoms with Crippen molar-refractivity contribution in [2.45, 2.75) is 52.6 Å². The second-order valence-electron chi connectivity index (χ2n) is 6.25. The van der Waals surface area contributed by atoms with Crippen molar-refractivity contribution < 1.29 is 4.79 Å². The van der Waals surface area contributed by atoms with Gasteiger partial charge >= 0.3 is 0 Å². The number of para-hydroxylation sites is 1. The molecule has 0 saturated carbocycles. The molecule has 1 amide bonds. The summed E-state index contributed by atoms with van der Waals surface area (Å²) >= 11 is 0. The molecule has 1 unspecified atom stereocenters. The molecule has 0 saturated heterocycles. The number of carbonyl (C=O) groups excluding carboxylic acids is 1. The van der Waals surface area contributed by atoms with E-state index in [0.717, 1.165) is 29.1 Å². The maximum Gasteiger partial charge on any atom is 0.240 e. The van der Waals surface area contributed by atoms with Crippen molar-refractivity contribution in [2.75, 3.05) is 0 Å². The van der Waals surface area contributed by atoms with Crippen molar-refractivity contribution in [3.63, 3.8) is 0 Å². The number of aromatic nitrogens is 2. The smallest absolute Gasteiger partial charge is 0.240 e. The number of rotatable bonds is 6. The number of benzene rings is 1. The van der Waals surface area contributed by atoms with E-state index in [1.54, 1.807) is 6.92 Å². The van der Waals surface area contributed by atoms with Crippen LogP contribution in [0.5, 0.6) is 0 Å². The van der Waals surface area contributed by atoms with Crippen LogP contribution in [-0.4, -0.2) is 21.2 Å². The molecule has 3 N–H and O–H groups in total. The molecular weight excluding hydrogens is 288 g/mol. The Morgan fingerprint density at radius 3 is 2.57 bits per heavy atom. The molecule has 0 aliphatic rings. The third kappa shape index (κ3) is 3.79. The fourth-order valence-electron chi connectivity index (χ4n) is 2.75. The van der Waals surface area contributed by atoms with Crippen LogP contribution in [0.3, 0.4) is 0 Å². The zero-order chi connectivity index (χ0) is 17.0. The third-order valence-electron chi connectivity index (χ3n) is 4.16. The molecule has 0 aliphatic heterocycles. The quantitative estimate of drug-likeness (QED) is 0.861. The number of amides is 1. The van der Waals surface area contributed by atoms with Gasteiger partial charge in [0.25, 0.3) is 0 Å². The van der Waals surface area contributed by atoms with Gasteiger partial charge in [-0.2, -0.15) is 5.10 Å². The highest BCUT2D eigenvalue weighted by atomic mass is 16.2. The van der Waals surface area contributed by atoms with E-state index in [2.05, 4.69) is 10.4 Å². The molecular formula is C18H26N4O. The van der Waals surface area contributed by atoms with E-state index in [-0.39, 0.29) is 5.91 Å². The van der Waals surface area contributed by atoms with Crippen LogP contribution in [-0.2, 0) is 11.3 Å². The SMILES string of the molecule is CCCC(C)(N)C(=O)NCc1c(C)nn(-c2ccccc2)c1C. The first-order valence-corrected chi connectivity index (χ1v) is 8.04. The number of hydrogen-bond acceptors (Lipinski definition) is 3. The molecule has 1 heterocycles. The lowest BCUT2D eigenvalue weighted by Crippen LogP contribution is -2.51. The molecule has 0 aliphatic carbocycles. The van der Waals surface area contributed by atoms with Crippen LogP contribution < -0.4 is 11.1 Å². The second kappa shape index (κ2) is 6.96. The summed E-state index contributed by atoms with van der Waals surface area (Å²) in [6, 6.07) is 9.97. The highest BCUT2D eigenvalue weighted by Gasteiger charge is 2.27. The summed E-state index contributed by atoms with van der Waals surface area (Å²) in [6.07, 6.45) is 1.55. The van der Waals surface area contributed by atoms with Crippen molar-refractivity contribution in [3.05, 3.63) is 47.3 Å². The van der Waals surface area contributed by atoms with Gasteiger partial charge in [0, 0.05) is 17.8 Å². The predicted octanol–water partition coefficient (Wildman–Crippen LogP) is 2.62. The molecule has 2 aromatic rings. The van der Waals surface area contributed by atoms with Gasteiger partial charge in [0.05, 0.1) is 16.9 Å². The van der Waals surface area contributed by atoms with E-state index >= 15 is 0 Å². The van der Waals surface area contributed by atoms with E-state index in [1.807, 2.05) is 55.8 Å². The fraction of sp³-hybridized carbons (Fsp3) is 0.444. The zero-order valence-corrected chi connectivity index (χ0v) is 14.4. The van der Waals surface area contributed by atoms with Crippen LogP contribution in [0.4, 0.5) is 0 Å². The number of nitrogens with one attached hydrogen (secondary N) is 1. The average molecular weight is 314 g/mol. The maximum atomic E-state index is 12.3. The Balaban J connectivity index is 2.16. The molecule has 23 heavy (non-hydrogen) atoms. The van der Waals surface area contributed by atoms with Gasteiger partial charge in [0.15, 0.2) is 0 Å². The molecule has 5 heteroatoms. The minimum absolute atomic E-state index is 0.120. The summed E-state index contributed by atoms with van der Waals surface area (Å²) in [5.41, 5.74) is 9.25.